The number of hydrogen-bond acceptors (Lipinski definition) is 6. The Morgan fingerprint density at radius 2 is 1.88 bits per heavy atom. The molecular formula is C24H22N6O3. The van der Waals surface area contributed by atoms with E-state index < -0.39 is 0 Å². The van der Waals surface area contributed by atoms with Gasteiger partial charge in [-0.05, 0) is 49.7 Å². The predicted octanol–water partition coefficient (Wildman–Crippen LogP) is 3.26. The molecule has 166 valence electrons. The van der Waals surface area contributed by atoms with E-state index in [1.165, 1.54) is 0 Å². The molecule has 1 aliphatic rings. The zero-order valence-corrected chi connectivity index (χ0v) is 18.3. The van der Waals surface area contributed by atoms with Crippen LogP contribution in [0.5, 0.6) is 5.75 Å². The Labute approximate surface area is 188 Å². The van der Waals surface area contributed by atoms with Crippen molar-refractivity contribution in [2.24, 2.45) is 0 Å². The number of fused-ring (bicyclic) bond motifs is 3. The summed E-state index contributed by atoms with van der Waals surface area (Å²) in [6, 6.07) is 15.4. The Kier molecular flexibility index (Phi) is 4.51. The van der Waals surface area contributed by atoms with Gasteiger partial charge in [0.2, 0.25) is 0 Å². The molecule has 2 aromatic carbocycles. The molecule has 0 bridgehead atoms. The Morgan fingerprint density at radius 3 is 2.61 bits per heavy atom. The Hall–Kier alpha value is -3.98. The van der Waals surface area contributed by atoms with Crippen LogP contribution in [-0.4, -0.2) is 48.8 Å². The van der Waals surface area contributed by atoms with E-state index in [0.717, 1.165) is 28.9 Å². The van der Waals surface area contributed by atoms with E-state index in [1.807, 2.05) is 64.4 Å². The van der Waals surface area contributed by atoms with Crippen LogP contribution in [0.2, 0.25) is 0 Å². The molecule has 33 heavy (non-hydrogen) atoms. The van der Waals surface area contributed by atoms with Crippen LogP contribution in [0.4, 0.5) is 0 Å². The normalized spacial score (nSPS) is 18.4. The molecule has 2 atom stereocenters. The molecule has 3 aromatic heterocycles. The van der Waals surface area contributed by atoms with Crippen molar-refractivity contribution in [3.8, 4) is 22.8 Å². The van der Waals surface area contributed by atoms with Crippen molar-refractivity contribution in [1.82, 2.24) is 28.9 Å². The Morgan fingerprint density at radius 1 is 1.09 bits per heavy atom. The summed E-state index contributed by atoms with van der Waals surface area (Å²) in [4.78, 5) is 18.4. The van der Waals surface area contributed by atoms with Crippen molar-refractivity contribution >= 4 is 16.6 Å². The molecular weight excluding hydrogens is 420 g/mol. The molecule has 0 amide bonds. The first-order chi connectivity index (χ1) is 16.2. The molecule has 9 heteroatoms. The van der Waals surface area contributed by atoms with Gasteiger partial charge in [0, 0.05) is 6.61 Å². The minimum atomic E-state index is -0.109. The van der Waals surface area contributed by atoms with Gasteiger partial charge in [0.05, 0.1) is 42.2 Å². The van der Waals surface area contributed by atoms with Gasteiger partial charge in [0.25, 0.3) is 5.56 Å². The highest BCUT2D eigenvalue weighted by atomic mass is 16.5. The van der Waals surface area contributed by atoms with Crippen LogP contribution in [0.25, 0.3) is 33.6 Å². The number of methoxy groups -OCH3 is 1. The van der Waals surface area contributed by atoms with Gasteiger partial charge >= 0.3 is 0 Å². The molecule has 1 saturated heterocycles. The number of hydrogen-bond donors (Lipinski definition) is 0. The number of benzene rings is 2. The molecule has 0 spiro atoms. The van der Waals surface area contributed by atoms with Crippen molar-refractivity contribution in [2.75, 3.05) is 13.7 Å². The van der Waals surface area contributed by atoms with E-state index in [4.69, 9.17) is 9.47 Å². The van der Waals surface area contributed by atoms with Crippen molar-refractivity contribution in [1.29, 1.82) is 0 Å². The van der Waals surface area contributed by atoms with Gasteiger partial charge in [-0.25, -0.2) is 9.67 Å². The number of rotatable bonds is 4. The van der Waals surface area contributed by atoms with Crippen LogP contribution in [0.15, 0.2) is 65.8 Å². The zero-order chi connectivity index (χ0) is 22.5. The molecule has 0 radical (unpaired) electrons. The number of aromatic nitrogens is 6. The first kappa shape index (κ1) is 19.7. The number of nitrogens with zero attached hydrogens (tertiary/aromatic N) is 6. The molecule has 4 heterocycles. The highest BCUT2D eigenvalue weighted by Gasteiger charge is 2.30. The first-order valence-corrected chi connectivity index (χ1v) is 10.8. The van der Waals surface area contributed by atoms with E-state index in [1.54, 1.807) is 24.3 Å². The van der Waals surface area contributed by atoms with Crippen LogP contribution < -0.4 is 10.3 Å². The van der Waals surface area contributed by atoms with Crippen LogP contribution in [-0.2, 0) is 4.74 Å². The zero-order valence-electron chi connectivity index (χ0n) is 18.3. The SMILES string of the molecule is COc1ccc(-n2cc(-c3ncn4c3c(=O)n(C3CCOC3C)c3ccccc34)nn2)cc1. The summed E-state index contributed by atoms with van der Waals surface area (Å²) in [6.45, 7) is 2.65. The molecule has 0 saturated carbocycles. The van der Waals surface area contributed by atoms with Gasteiger partial charge in [-0.1, -0.05) is 17.3 Å². The molecule has 0 aliphatic carbocycles. The quantitative estimate of drug-likeness (QED) is 0.425. The lowest BCUT2D eigenvalue weighted by atomic mass is 10.1. The average molecular weight is 442 g/mol. The van der Waals surface area contributed by atoms with E-state index >= 15 is 0 Å². The van der Waals surface area contributed by atoms with Crippen LogP contribution in [0.3, 0.4) is 0 Å². The monoisotopic (exact) mass is 442 g/mol. The lowest BCUT2D eigenvalue weighted by Gasteiger charge is -2.20. The fraction of sp³-hybridized carbons (Fsp3) is 0.250. The maximum Gasteiger partial charge on any atom is 0.278 e. The number of imidazole rings is 1. The van der Waals surface area contributed by atoms with Crippen LogP contribution >= 0.6 is 0 Å². The second-order valence-corrected chi connectivity index (χ2v) is 8.15. The lowest BCUT2D eigenvalue weighted by molar-refractivity contribution is 0.108. The van der Waals surface area contributed by atoms with Crippen molar-refractivity contribution < 1.29 is 9.47 Å². The summed E-state index contributed by atoms with van der Waals surface area (Å²) >= 11 is 0. The van der Waals surface area contributed by atoms with E-state index in [9.17, 15) is 4.79 Å². The second-order valence-electron chi connectivity index (χ2n) is 8.15. The maximum atomic E-state index is 13.9. The van der Waals surface area contributed by atoms with E-state index in [2.05, 4.69) is 15.3 Å². The minimum Gasteiger partial charge on any atom is -0.497 e. The standard InChI is InChI=1S/C24H22N6O3/c1-15-19(11-12-33-15)30-21-6-4-3-5-20(21)28-14-25-22(23(28)24(30)31)18-13-29(27-26-18)16-7-9-17(32-2)10-8-16/h3-10,13-15,19H,11-12H2,1-2H3. The van der Waals surface area contributed by atoms with Gasteiger partial charge in [-0.15, -0.1) is 5.10 Å². The van der Waals surface area contributed by atoms with Gasteiger partial charge in [0.15, 0.2) is 0 Å². The van der Waals surface area contributed by atoms with Crippen LogP contribution in [0.1, 0.15) is 19.4 Å². The molecule has 9 nitrogen and oxygen atoms in total. The van der Waals surface area contributed by atoms with E-state index in [-0.39, 0.29) is 17.7 Å². The fourth-order valence-corrected chi connectivity index (χ4v) is 4.64. The van der Waals surface area contributed by atoms with Gasteiger partial charge < -0.3 is 9.47 Å². The third-order valence-corrected chi connectivity index (χ3v) is 6.33. The summed E-state index contributed by atoms with van der Waals surface area (Å²) in [6.07, 6.45) is 4.21. The molecule has 5 aromatic rings. The van der Waals surface area contributed by atoms with Crippen LogP contribution in [0, 0.1) is 0 Å². The number of ether oxygens (including phenoxy) is 2. The Balaban J connectivity index is 1.54. The third-order valence-electron chi connectivity index (χ3n) is 6.33. The molecule has 2 unspecified atom stereocenters. The summed E-state index contributed by atoms with van der Waals surface area (Å²) in [5.41, 5.74) is 4.01. The fourth-order valence-electron chi connectivity index (χ4n) is 4.64. The van der Waals surface area contributed by atoms with Crippen molar-refractivity contribution in [3.05, 3.63) is 71.4 Å². The molecule has 1 fully saturated rings. The second kappa shape index (κ2) is 7.56. The summed E-state index contributed by atoms with van der Waals surface area (Å²) in [7, 11) is 1.63. The van der Waals surface area contributed by atoms with Gasteiger partial charge in [0.1, 0.15) is 29.0 Å². The topological polar surface area (TPSA) is 88.5 Å². The average Bonchev–Trinajstić information content (AvgIpc) is 3.59. The third kappa shape index (κ3) is 3.04. The predicted molar refractivity (Wildman–Crippen MR) is 123 cm³/mol. The lowest BCUT2D eigenvalue weighted by Crippen LogP contribution is -2.30. The molecule has 1 aliphatic heterocycles. The highest BCUT2D eigenvalue weighted by Crippen LogP contribution is 2.30. The van der Waals surface area contributed by atoms with Crippen molar-refractivity contribution in [3.63, 3.8) is 0 Å². The first-order valence-electron chi connectivity index (χ1n) is 10.8. The highest BCUT2D eigenvalue weighted by molar-refractivity contribution is 5.84. The number of para-hydroxylation sites is 2. The summed E-state index contributed by atoms with van der Waals surface area (Å²) in [5.74, 6) is 0.761. The largest absolute Gasteiger partial charge is 0.497 e. The smallest absolute Gasteiger partial charge is 0.278 e. The minimum absolute atomic E-state index is 0.0369. The molecule has 0 N–H and O–H groups in total. The van der Waals surface area contributed by atoms with Gasteiger partial charge in [-0.2, -0.15) is 0 Å². The van der Waals surface area contributed by atoms with Crippen molar-refractivity contribution in [2.45, 2.75) is 25.5 Å². The summed E-state index contributed by atoms with van der Waals surface area (Å²) in [5, 5.41) is 8.58. The molecule has 6 rings (SSSR count). The maximum absolute atomic E-state index is 13.9. The van der Waals surface area contributed by atoms with Gasteiger partial charge in [-0.3, -0.25) is 13.8 Å². The summed E-state index contributed by atoms with van der Waals surface area (Å²) < 4.78 is 16.4. The Bertz CT molecular complexity index is 1530. The van der Waals surface area contributed by atoms with E-state index in [0.29, 0.717) is 23.5 Å².